The Morgan fingerprint density at radius 3 is 2.27 bits per heavy atom. The molecular weight excluding hydrogens is 330 g/mol. The van der Waals surface area contributed by atoms with Gasteiger partial charge in [0, 0.05) is 10.7 Å². The molecule has 22 heavy (non-hydrogen) atoms. The van der Waals surface area contributed by atoms with Crippen molar-refractivity contribution in [3.8, 4) is 0 Å². The van der Waals surface area contributed by atoms with Gasteiger partial charge in [-0.15, -0.1) is 0 Å². The number of amides is 2. The number of carbonyl (C=O) groups is 2. The van der Waals surface area contributed by atoms with Gasteiger partial charge in [-0.05, 0) is 42.5 Å². The van der Waals surface area contributed by atoms with Crippen molar-refractivity contribution in [3.63, 3.8) is 0 Å². The molecule has 0 unspecified atom stereocenters. The van der Waals surface area contributed by atoms with Gasteiger partial charge in [0.1, 0.15) is 12.2 Å². The normalized spacial score (nSPS) is 10.1. The standard InChI is InChI=1S/C15H11Cl2FN2O2/c16-9-1-6-12(17)13(7-9)20-15(22)8-14(21)19-11-4-2-10(18)3-5-11/h1-7H,8H2,(H,19,21)(H,20,22). The van der Waals surface area contributed by atoms with Crippen LogP contribution in [0.4, 0.5) is 15.8 Å². The second kappa shape index (κ2) is 7.24. The van der Waals surface area contributed by atoms with Gasteiger partial charge < -0.3 is 10.6 Å². The van der Waals surface area contributed by atoms with Crippen LogP contribution in [-0.4, -0.2) is 11.8 Å². The molecule has 0 bridgehead atoms. The molecule has 0 heterocycles. The molecule has 0 saturated heterocycles. The first-order valence-corrected chi connectivity index (χ1v) is 7.00. The smallest absolute Gasteiger partial charge is 0.233 e. The highest BCUT2D eigenvalue weighted by molar-refractivity contribution is 6.35. The average Bonchev–Trinajstić information content (AvgIpc) is 2.45. The Morgan fingerprint density at radius 2 is 1.59 bits per heavy atom. The van der Waals surface area contributed by atoms with Crippen molar-refractivity contribution >= 4 is 46.4 Å². The number of hydrogen-bond acceptors (Lipinski definition) is 2. The average molecular weight is 341 g/mol. The second-order valence-electron chi connectivity index (χ2n) is 4.40. The largest absolute Gasteiger partial charge is 0.326 e. The van der Waals surface area contributed by atoms with Gasteiger partial charge in [-0.1, -0.05) is 23.2 Å². The summed E-state index contributed by atoms with van der Waals surface area (Å²) in [5, 5.41) is 5.72. The molecule has 0 fully saturated rings. The highest BCUT2D eigenvalue weighted by Gasteiger charge is 2.12. The zero-order valence-corrected chi connectivity index (χ0v) is 12.7. The fraction of sp³-hybridized carbons (Fsp3) is 0.0667. The van der Waals surface area contributed by atoms with Crippen molar-refractivity contribution in [3.05, 3.63) is 58.3 Å². The van der Waals surface area contributed by atoms with Crippen molar-refractivity contribution in [2.45, 2.75) is 6.42 Å². The second-order valence-corrected chi connectivity index (χ2v) is 5.25. The summed E-state index contributed by atoms with van der Waals surface area (Å²) in [4.78, 5) is 23.5. The summed E-state index contributed by atoms with van der Waals surface area (Å²) in [5.41, 5.74) is 0.730. The van der Waals surface area contributed by atoms with Gasteiger partial charge in [0.05, 0.1) is 10.7 Å². The molecule has 114 valence electrons. The van der Waals surface area contributed by atoms with Crippen molar-refractivity contribution in [2.24, 2.45) is 0 Å². The van der Waals surface area contributed by atoms with Gasteiger partial charge in [0.25, 0.3) is 0 Å². The molecule has 0 aliphatic carbocycles. The third kappa shape index (κ3) is 4.72. The third-order valence-corrected chi connectivity index (χ3v) is 3.22. The van der Waals surface area contributed by atoms with Gasteiger partial charge in [0.2, 0.25) is 11.8 Å². The summed E-state index contributed by atoms with van der Waals surface area (Å²) in [5.74, 6) is -1.47. The maximum Gasteiger partial charge on any atom is 0.233 e. The minimum absolute atomic E-state index is 0.316. The van der Waals surface area contributed by atoms with Crippen molar-refractivity contribution in [1.29, 1.82) is 0 Å². The summed E-state index contributed by atoms with van der Waals surface area (Å²) in [6, 6.07) is 9.83. The first kappa shape index (κ1) is 16.3. The molecule has 2 aromatic carbocycles. The molecule has 0 aromatic heterocycles. The Kier molecular flexibility index (Phi) is 5.35. The Balaban J connectivity index is 1.92. The Hall–Kier alpha value is -2.11. The van der Waals surface area contributed by atoms with Crippen molar-refractivity contribution in [1.82, 2.24) is 0 Å². The fourth-order valence-corrected chi connectivity index (χ4v) is 2.01. The van der Waals surface area contributed by atoms with Crippen LogP contribution in [0.15, 0.2) is 42.5 Å². The number of anilines is 2. The number of nitrogens with one attached hydrogen (secondary N) is 2. The van der Waals surface area contributed by atoms with Crippen LogP contribution in [0.2, 0.25) is 10.0 Å². The molecule has 0 radical (unpaired) electrons. The van der Waals surface area contributed by atoms with Gasteiger partial charge in [-0.25, -0.2) is 4.39 Å². The van der Waals surface area contributed by atoms with Crippen LogP contribution < -0.4 is 10.6 Å². The molecule has 2 aromatic rings. The van der Waals surface area contributed by atoms with Crippen molar-refractivity contribution < 1.29 is 14.0 Å². The highest BCUT2D eigenvalue weighted by Crippen LogP contribution is 2.25. The molecule has 7 heteroatoms. The van der Waals surface area contributed by atoms with E-state index in [2.05, 4.69) is 10.6 Å². The lowest BCUT2D eigenvalue weighted by Gasteiger charge is -2.08. The molecule has 2 rings (SSSR count). The predicted octanol–water partition coefficient (Wildman–Crippen LogP) is 4.10. The summed E-state index contributed by atoms with van der Waals surface area (Å²) in [6.45, 7) is 0. The molecule has 0 aliphatic rings. The van der Waals surface area contributed by atoms with Crippen LogP contribution in [0.1, 0.15) is 6.42 Å². The van der Waals surface area contributed by atoms with E-state index in [4.69, 9.17) is 23.2 Å². The lowest BCUT2D eigenvalue weighted by molar-refractivity contribution is -0.123. The summed E-state index contributed by atoms with van der Waals surface area (Å²) < 4.78 is 12.7. The Labute approximate surface area is 136 Å². The van der Waals surface area contributed by atoms with Crippen LogP contribution >= 0.6 is 23.2 Å². The van der Waals surface area contributed by atoms with Gasteiger partial charge >= 0.3 is 0 Å². The molecule has 0 saturated carbocycles. The van der Waals surface area contributed by atoms with Gasteiger partial charge in [-0.3, -0.25) is 9.59 Å². The molecule has 4 nitrogen and oxygen atoms in total. The molecule has 0 spiro atoms. The predicted molar refractivity (Wildman–Crippen MR) is 84.7 cm³/mol. The maximum atomic E-state index is 12.7. The summed E-state index contributed by atoms with van der Waals surface area (Å²) in [7, 11) is 0. The zero-order valence-electron chi connectivity index (χ0n) is 11.2. The van der Waals surface area contributed by atoms with Crippen LogP contribution in [0.5, 0.6) is 0 Å². The minimum atomic E-state index is -0.538. The van der Waals surface area contributed by atoms with E-state index in [1.165, 1.54) is 36.4 Å². The molecule has 2 N–H and O–H groups in total. The lowest BCUT2D eigenvalue weighted by atomic mass is 10.2. The topological polar surface area (TPSA) is 58.2 Å². The van der Waals surface area contributed by atoms with E-state index in [0.717, 1.165) is 0 Å². The first-order chi connectivity index (χ1) is 10.4. The monoisotopic (exact) mass is 340 g/mol. The number of halogens is 3. The fourth-order valence-electron chi connectivity index (χ4n) is 1.67. The number of benzene rings is 2. The van der Waals surface area contributed by atoms with E-state index in [1.807, 2.05) is 0 Å². The Bertz CT molecular complexity index is 705. The Morgan fingerprint density at radius 1 is 0.955 bits per heavy atom. The van der Waals surface area contributed by atoms with Crippen molar-refractivity contribution in [2.75, 3.05) is 10.6 Å². The van der Waals surface area contributed by atoms with E-state index < -0.39 is 24.1 Å². The highest BCUT2D eigenvalue weighted by atomic mass is 35.5. The van der Waals surface area contributed by atoms with Crippen LogP contribution in [0.25, 0.3) is 0 Å². The minimum Gasteiger partial charge on any atom is -0.326 e. The van der Waals surface area contributed by atoms with E-state index in [9.17, 15) is 14.0 Å². The number of carbonyl (C=O) groups excluding carboxylic acids is 2. The molecule has 2 amide bonds. The lowest BCUT2D eigenvalue weighted by Crippen LogP contribution is -2.21. The van der Waals surface area contributed by atoms with E-state index in [1.54, 1.807) is 6.07 Å². The van der Waals surface area contributed by atoms with E-state index in [-0.39, 0.29) is 0 Å². The van der Waals surface area contributed by atoms with Crippen LogP contribution in [0.3, 0.4) is 0 Å². The number of hydrogen-bond donors (Lipinski definition) is 2. The van der Waals surface area contributed by atoms with E-state index in [0.29, 0.717) is 21.4 Å². The van der Waals surface area contributed by atoms with Crippen LogP contribution in [0, 0.1) is 5.82 Å². The SMILES string of the molecule is O=C(CC(=O)Nc1cc(Cl)ccc1Cl)Nc1ccc(F)cc1. The molecule has 0 atom stereocenters. The third-order valence-electron chi connectivity index (χ3n) is 2.65. The summed E-state index contributed by atoms with van der Waals surface area (Å²) >= 11 is 11.7. The molecular formula is C15H11Cl2FN2O2. The number of rotatable bonds is 4. The maximum absolute atomic E-state index is 12.7. The quantitative estimate of drug-likeness (QED) is 0.823. The van der Waals surface area contributed by atoms with Crippen LogP contribution in [-0.2, 0) is 9.59 Å². The summed E-state index contributed by atoms with van der Waals surface area (Å²) in [6.07, 6.45) is -0.403. The first-order valence-electron chi connectivity index (χ1n) is 6.24. The molecule has 0 aliphatic heterocycles. The van der Waals surface area contributed by atoms with Gasteiger partial charge in [0.15, 0.2) is 0 Å². The zero-order chi connectivity index (χ0) is 16.1. The van der Waals surface area contributed by atoms with Gasteiger partial charge in [-0.2, -0.15) is 0 Å². The van der Waals surface area contributed by atoms with E-state index >= 15 is 0 Å².